The molecule has 0 saturated carbocycles. The summed E-state index contributed by atoms with van der Waals surface area (Å²) in [7, 11) is 1.75. The van der Waals surface area contributed by atoms with Gasteiger partial charge in [-0.15, -0.1) is 11.3 Å². The fourth-order valence-electron chi connectivity index (χ4n) is 2.61. The van der Waals surface area contributed by atoms with Gasteiger partial charge in [0.15, 0.2) is 5.13 Å². The van der Waals surface area contributed by atoms with Crippen LogP contribution in [0.1, 0.15) is 24.1 Å². The minimum absolute atomic E-state index is 0.00403. The minimum Gasteiger partial charge on any atom is -0.312 e. The normalized spacial score (nSPS) is 14.3. The van der Waals surface area contributed by atoms with Gasteiger partial charge in [0.1, 0.15) is 0 Å². The maximum Gasteiger partial charge on any atom is 0.232 e. The maximum atomic E-state index is 12.3. The van der Waals surface area contributed by atoms with Crippen molar-refractivity contribution in [3.63, 3.8) is 0 Å². The molecule has 2 heterocycles. The highest BCUT2D eigenvalue weighted by molar-refractivity contribution is 7.14. The molecule has 1 aliphatic heterocycles. The van der Waals surface area contributed by atoms with Gasteiger partial charge in [-0.3, -0.25) is 14.5 Å². The summed E-state index contributed by atoms with van der Waals surface area (Å²) in [6.45, 7) is 2.69. The van der Waals surface area contributed by atoms with Gasteiger partial charge in [0.25, 0.3) is 0 Å². The fourth-order valence-corrected chi connectivity index (χ4v) is 3.40. The summed E-state index contributed by atoms with van der Waals surface area (Å²) in [6.07, 6.45) is 1.86. The summed E-state index contributed by atoms with van der Waals surface area (Å²) in [6, 6.07) is 7.66. The van der Waals surface area contributed by atoms with E-state index in [1.165, 1.54) is 11.3 Å². The summed E-state index contributed by atoms with van der Waals surface area (Å²) in [5.74, 6) is 0.178. The monoisotopic (exact) mass is 329 g/mol. The van der Waals surface area contributed by atoms with Crippen LogP contribution in [0.15, 0.2) is 29.6 Å². The molecule has 5 nitrogen and oxygen atoms in total. The summed E-state index contributed by atoms with van der Waals surface area (Å²) in [5.41, 5.74) is 2.77. The van der Waals surface area contributed by atoms with E-state index in [2.05, 4.69) is 4.98 Å². The van der Waals surface area contributed by atoms with Crippen LogP contribution in [-0.2, 0) is 16.0 Å². The number of hydrogen-bond donors (Lipinski definition) is 0. The van der Waals surface area contributed by atoms with Gasteiger partial charge in [-0.25, -0.2) is 4.98 Å². The lowest BCUT2D eigenvalue weighted by Crippen LogP contribution is -2.27. The van der Waals surface area contributed by atoms with E-state index in [1.54, 1.807) is 16.8 Å². The lowest BCUT2D eigenvalue weighted by atomic mass is 10.1. The second-order valence-electron chi connectivity index (χ2n) is 5.72. The Morgan fingerprint density at radius 1 is 1.35 bits per heavy atom. The molecule has 0 atom stereocenters. The number of benzene rings is 1. The third-order valence-corrected chi connectivity index (χ3v) is 4.98. The molecular formula is C17H19N3O2S. The average molecular weight is 329 g/mol. The van der Waals surface area contributed by atoms with Crippen molar-refractivity contribution in [2.75, 3.05) is 23.4 Å². The van der Waals surface area contributed by atoms with Crippen molar-refractivity contribution in [2.24, 2.45) is 0 Å². The molecule has 1 aromatic heterocycles. The van der Waals surface area contributed by atoms with Crippen LogP contribution in [-0.4, -0.2) is 30.4 Å². The highest BCUT2D eigenvalue weighted by Crippen LogP contribution is 2.23. The van der Waals surface area contributed by atoms with E-state index in [-0.39, 0.29) is 11.8 Å². The molecule has 0 spiro atoms. The van der Waals surface area contributed by atoms with Crippen LogP contribution in [0.3, 0.4) is 0 Å². The second kappa shape index (κ2) is 6.50. The number of amides is 2. The van der Waals surface area contributed by atoms with Crippen LogP contribution < -0.4 is 9.80 Å². The van der Waals surface area contributed by atoms with Crippen LogP contribution in [0, 0.1) is 6.92 Å². The molecule has 2 amide bonds. The molecule has 6 heteroatoms. The first-order valence-corrected chi connectivity index (χ1v) is 8.50. The summed E-state index contributed by atoms with van der Waals surface area (Å²) in [5, 5.41) is 2.65. The van der Waals surface area contributed by atoms with E-state index >= 15 is 0 Å². The third kappa shape index (κ3) is 3.42. The van der Waals surface area contributed by atoms with Crippen molar-refractivity contribution < 1.29 is 9.59 Å². The van der Waals surface area contributed by atoms with Crippen molar-refractivity contribution in [3.8, 4) is 0 Å². The highest BCUT2D eigenvalue weighted by atomic mass is 32.1. The quantitative estimate of drug-likeness (QED) is 0.867. The molecule has 23 heavy (non-hydrogen) atoms. The van der Waals surface area contributed by atoms with E-state index < -0.39 is 0 Å². The minimum atomic E-state index is 0.00403. The third-order valence-electron chi connectivity index (χ3n) is 3.94. The Kier molecular flexibility index (Phi) is 4.43. The van der Waals surface area contributed by atoms with Gasteiger partial charge in [-0.1, -0.05) is 12.1 Å². The smallest absolute Gasteiger partial charge is 0.232 e. The standard InChI is InChI=1S/C17H19N3O2S/c1-12-11-23-17(18-12)19(2)16(22)10-13-5-7-14(8-6-13)20-9-3-4-15(20)21/h5-8,11H,3-4,9-10H2,1-2H3. The van der Waals surface area contributed by atoms with Crippen molar-refractivity contribution >= 4 is 34.0 Å². The SMILES string of the molecule is Cc1csc(N(C)C(=O)Cc2ccc(N3CCCC3=O)cc2)n1. The van der Waals surface area contributed by atoms with Crippen LogP contribution in [0.2, 0.25) is 0 Å². The first-order chi connectivity index (χ1) is 11.0. The number of hydrogen-bond acceptors (Lipinski definition) is 4. The Morgan fingerprint density at radius 2 is 2.09 bits per heavy atom. The first kappa shape index (κ1) is 15.7. The molecule has 1 aromatic carbocycles. The number of thiazole rings is 1. The number of aryl methyl sites for hydroxylation is 1. The largest absolute Gasteiger partial charge is 0.312 e. The number of nitrogens with zero attached hydrogens (tertiary/aromatic N) is 3. The van der Waals surface area contributed by atoms with Crippen LogP contribution >= 0.6 is 11.3 Å². The van der Waals surface area contributed by atoms with E-state index in [0.29, 0.717) is 18.0 Å². The topological polar surface area (TPSA) is 53.5 Å². The maximum absolute atomic E-state index is 12.3. The lowest BCUT2D eigenvalue weighted by molar-refractivity contribution is -0.118. The van der Waals surface area contributed by atoms with Gasteiger partial charge in [-0.05, 0) is 31.0 Å². The van der Waals surface area contributed by atoms with Crippen molar-refractivity contribution in [3.05, 3.63) is 40.9 Å². The molecule has 0 radical (unpaired) electrons. The van der Waals surface area contributed by atoms with E-state index in [9.17, 15) is 9.59 Å². The Hall–Kier alpha value is -2.21. The zero-order valence-corrected chi connectivity index (χ0v) is 14.1. The van der Waals surface area contributed by atoms with E-state index in [1.807, 2.05) is 36.6 Å². The lowest BCUT2D eigenvalue weighted by Gasteiger charge is -2.17. The molecule has 120 valence electrons. The van der Waals surface area contributed by atoms with Crippen molar-refractivity contribution in [2.45, 2.75) is 26.2 Å². The van der Waals surface area contributed by atoms with E-state index in [4.69, 9.17) is 0 Å². The van der Waals surface area contributed by atoms with Crippen LogP contribution in [0.25, 0.3) is 0 Å². The Labute approximate surface area is 139 Å². The summed E-state index contributed by atoms with van der Waals surface area (Å²) >= 11 is 1.47. The number of likely N-dealkylation sites (N-methyl/N-ethyl adjacent to an activating group) is 1. The van der Waals surface area contributed by atoms with Crippen LogP contribution in [0.4, 0.5) is 10.8 Å². The Balaban J connectivity index is 1.66. The number of carbonyl (C=O) groups is 2. The molecule has 1 saturated heterocycles. The molecule has 0 bridgehead atoms. The summed E-state index contributed by atoms with van der Waals surface area (Å²) < 4.78 is 0. The molecular weight excluding hydrogens is 310 g/mol. The van der Waals surface area contributed by atoms with Gasteiger partial charge < -0.3 is 4.90 Å². The van der Waals surface area contributed by atoms with Crippen LogP contribution in [0.5, 0.6) is 0 Å². The van der Waals surface area contributed by atoms with Gasteiger partial charge in [0.05, 0.1) is 12.1 Å². The van der Waals surface area contributed by atoms with Crippen molar-refractivity contribution in [1.82, 2.24) is 4.98 Å². The molecule has 2 aromatic rings. The van der Waals surface area contributed by atoms with E-state index in [0.717, 1.165) is 29.9 Å². The molecule has 0 N–H and O–H groups in total. The highest BCUT2D eigenvalue weighted by Gasteiger charge is 2.21. The van der Waals surface area contributed by atoms with Gasteiger partial charge in [-0.2, -0.15) is 0 Å². The van der Waals surface area contributed by atoms with Gasteiger partial charge >= 0.3 is 0 Å². The average Bonchev–Trinajstić information content (AvgIpc) is 3.16. The fraction of sp³-hybridized carbons (Fsp3) is 0.353. The molecule has 3 rings (SSSR count). The first-order valence-electron chi connectivity index (χ1n) is 7.62. The number of carbonyl (C=O) groups excluding carboxylic acids is 2. The molecule has 1 fully saturated rings. The predicted molar refractivity (Wildman–Crippen MR) is 92.0 cm³/mol. The van der Waals surface area contributed by atoms with Crippen molar-refractivity contribution in [1.29, 1.82) is 0 Å². The number of rotatable bonds is 4. The predicted octanol–water partition coefficient (Wildman–Crippen LogP) is 2.78. The second-order valence-corrected chi connectivity index (χ2v) is 6.55. The molecule has 1 aliphatic rings. The number of aromatic nitrogens is 1. The Morgan fingerprint density at radius 3 is 2.65 bits per heavy atom. The zero-order chi connectivity index (χ0) is 16.4. The zero-order valence-electron chi connectivity index (χ0n) is 13.3. The Bertz CT molecular complexity index is 724. The summed E-state index contributed by atoms with van der Waals surface area (Å²) in [4.78, 5) is 31.8. The molecule has 0 aliphatic carbocycles. The van der Waals surface area contributed by atoms with Gasteiger partial charge in [0.2, 0.25) is 11.8 Å². The number of anilines is 2. The molecule has 0 unspecified atom stereocenters. The van der Waals surface area contributed by atoms with Gasteiger partial charge in [0, 0.05) is 31.1 Å².